The smallest absolute Gasteiger partial charge is 0.00690 e. The molecule has 2 N–H and O–H groups in total. The lowest BCUT2D eigenvalue weighted by atomic mass is 9.66. The van der Waals surface area contributed by atoms with Crippen molar-refractivity contribution in [2.75, 3.05) is 6.54 Å². The molecule has 1 heteroatoms. The largest absolute Gasteiger partial charge is 0.330 e. The Labute approximate surface area is 92.0 Å². The Balaban J connectivity index is 2.03. The van der Waals surface area contributed by atoms with Crippen LogP contribution in [0.25, 0.3) is 6.08 Å². The third-order valence-corrected chi connectivity index (χ3v) is 3.42. The predicted molar refractivity (Wildman–Crippen MR) is 65.4 cm³/mol. The van der Waals surface area contributed by atoms with E-state index in [1.807, 2.05) is 0 Å². The van der Waals surface area contributed by atoms with E-state index in [1.165, 1.54) is 24.8 Å². The molecule has 1 saturated carbocycles. The van der Waals surface area contributed by atoms with Crippen LogP contribution in [0, 0.1) is 5.41 Å². The maximum atomic E-state index is 5.66. The van der Waals surface area contributed by atoms with E-state index < -0.39 is 0 Å². The van der Waals surface area contributed by atoms with Crippen LogP contribution < -0.4 is 5.73 Å². The molecular formula is C14H19N. The number of hydrogen-bond acceptors (Lipinski definition) is 1. The van der Waals surface area contributed by atoms with Crippen LogP contribution in [-0.4, -0.2) is 6.54 Å². The molecule has 0 bridgehead atoms. The number of nitrogens with two attached hydrogens (primary N) is 1. The van der Waals surface area contributed by atoms with Gasteiger partial charge in [0.1, 0.15) is 0 Å². The van der Waals surface area contributed by atoms with Crippen LogP contribution in [0.2, 0.25) is 0 Å². The number of rotatable bonds is 4. The molecule has 0 heterocycles. The van der Waals surface area contributed by atoms with Gasteiger partial charge in [0.05, 0.1) is 0 Å². The fourth-order valence-electron chi connectivity index (χ4n) is 2.26. The molecule has 0 unspecified atom stereocenters. The molecule has 1 aromatic rings. The fraction of sp³-hybridized carbons (Fsp3) is 0.429. The Bertz CT molecular complexity index is 322. The van der Waals surface area contributed by atoms with Gasteiger partial charge in [0.15, 0.2) is 0 Å². The minimum absolute atomic E-state index is 0.421. The van der Waals surface area contributed by atoms with Gasteiger partial charge in [-0.05, 0) is 36.8 Å². The van der Waals surface area contributed by atoms with Crippen LogP contribution >= 0.6 is 0 Å². The average Bonchev–Trinajstić information content (AvgIpc) is 2.23. The summed E-state index contributed by atoms with van der Waals surface area (Å²) in [6.07, 6.45) is 9.74. The molecule has 2 rings (SSSR count). The molecule has 80 valence electrons. The van der Waals surface area contributed by atoms with Crippen molar-refractivity contribution in [2.45, 2.75) is 25.7 Å². The summed E-state index contributed by atoms with van der Waals surface area (Å²) in [5, 5.41) is 0. The third kappa shape index (κ3) is 2.48. The molecule has 0 aliphatic heterocycles. The Morgan fingerprint density at radius 1 is 1.20 bits per heavy atom. The molecular weight excluding hydrogens is 182 g/mol. The van der Waals surface area contributed by atoms with E-state index in [0.29, 0.717) is 5.41 Å². The second kappa shape index (κ2) is 4.63. The van der Waals surface area contributed by atoms with E-state index >= 15 is 0 Å². The van der Waals surface area contributed by atoms with E-state index in [9.17, 15) is 0 Å². The van der Waals surface area contributed by atoms with Crippen molar-refractivity contribution in [1.29, 1.82) is 0 Å². The van der Waals surface area contributed by atoms with Crippen molar-refractivity contribution < 1.29 is 0 Å². The van der Waals surface area contributed by atoms with Crippen LogP contribution in [0.15, 0.2) is 36.4 Å². The van der Waals surface area contributed by atoms with E-state index in [0.717, 1.165) is 13.0 Å². The van der Waals surface area contributed by atoms with Crippen molar-refractivity contribution >= 4 is 6.08 Å². The molecule has 0 atom stereocenters. The molecule has 15 heavy (non-hydrogen) atoms. The normalized spacial score (nSPS) is 19.0. The van der Waals surface area contributed by atoms with Gasteiger partial charge in [-0.3, -0.25) is 0 Å². The number of benzene rings is 1. The van der Waals surface area contributed by atoms with Gasteiger partial charge in [0, 0.05) is 0 Å². The Morgan fingerprint density at radius 3 is 2.47 bits per heavy atom. The van der Waals surface area contributed by atoms with E-state index in [-0.39, 0.29) is 0 Å². The fourth-order valence-corrected chi connectivity index (χ4v) is 2.26. The first-order valence-electron chi connectivity index (χ1n) is 5.79. The first-order chi connectivity index (χ1) is 7.35. The molecule has 0 amide bonds. The Hall–Kier alpha value is -1.08. The van der Waals surface area contributed by atoms with Crippen molar-refractivity contribution in [1.82, 2.24) is 0 Å². The monoisotopic (exact) mass is 201 g/mol. The minimum atomic E-state index is 0.421. The number of hydrogen-bond donors (Lipinski definition) is 1. The highest BCUT2D eigenvalue weighted by Gasteiger charge is 2.32. The lowest BCUT2D eigenvalue weighted by Gasteiger charge is -2.39. The summed E-state index contributed by atoms with van der Waals surface area (Å²) in [5.41, 5.74) is 7.37. The van der Waals surface area contributed by atoms with Crippen LogP contribution in [0.3, 0.4) is 0 Å². The summed E-state index contributed by atoms with van der Waals surface area (Å²) in [6, 6.07) is 10.5. The lowest BCUT2D eigenvalue weighted by molar-refractivity contribution is 0.192. The van der Waals surface area contributed by atoms with Gasteiger partial charge in [0.2, 0.25) is 0 Å². The summed E-state index contributed by atoms with van der Waals surface area (Å²) in [6.45, 7) is 0.805. The third-order valence-electron chi connectivity index (χ3n) is 3.42. The molecule has 1 nitrogen and oxygen atoms in total. The summed E-state index contributed by atoms with van der Waals surface area (Å²) in [5.74, 6) is 0. The molecule has 1 fully saturated rings. The van der Waals surface area contributed by atoms with Gasteiger partial charge in [0.25, 0.3) is 0 Å². The summed E-state index contributed by atoms with van der Waals surface area (Å²) < 4.78 is 0. The van der Waals surface area contributed by atoms with Crippen molar-refractivity contribution in [3.63, 3.8) is 0 Å². The molecule has 1 aliphatic rings. The van der Waals surface area contributed by atoms with Crippen molar-refractivity contribution in [3.05, 3.63) is 42.0 Å². The van der Waals surface area contributed by atoms with Gasteiger partial charge in [-0.25, -0.2) is 0 Å². The molecule has 1 aliphatic carbocycles. The summed E-state index contributed by atoms with van der Waals surface area (Å²) >= 11 is 0. The quantitative estimate of drug-likeness (QED) is 0.795. The van der Waals surface area contributed by atoms with E-state index in [2.05, 4.69) is 42.5 Å². The molecule has 0 saturated heterocycles. The highest BCUT2D eigenvalue weighted by molar-refractivity contribution is 5.50. The molecule has 0 spiro atoms. The number of allylic oxidation sites excluding steroid dienone is 1. The highest BCUT2D eigenvalue weighted by Crippen LogP contribution is 2.45. The van der Waals surface area contributed by atoms with Crippen LogP contribution in [0.1, 0.15) is 31.2 Å². The van der Waals surface area contributed by atoms with Gasteiger partial charge in [-0.2, -0.15) is 0 Å². The highest BCUT2D eigenvalue weighted by atomic mass is 14.5. The maximum Gasteiger partial charge on any atom is -0.00690 e. The molecule has 0 radical (unpaired) electrons. The SMILES string of the molecule is NCCC1(/C=C/c2ccccc2)CCC1. The zero-order valence-electron chi connectivity index (χ0n) is 9.15. The zero-order valence-corrected chi connectivity index (χ0v) is 9.15. The molecule has 1 aromatic carbocycles. The van der Waals surface area contributed by atoms with Gasteiger partial charge >= 0.3 is 0 Å². The summed E-state index contributed by atoms with van der Waals surface area (Å²) in [7, 11) is 0. The average molecular weight is 201 g/mol. The van der Waals surface area contributed by atoms with E-state index in [1.54, 1.807) is 0 Å². The van der Waals surface area contributed by atoms with E-state index in [4.69, 9.17) is 5.73 Å². The standard InChI is InChI=1S/C14H19N/c15-12-11-14(8-4-9-14)10-7-13-5-2-1-3-6-13/h1-3,5-7,10H,4,8-9,11-12,15H2/b10-7+. The Kier molecular flexibility index (Phi) is 3.22. The second-order valence-corrected chi connectivity index (χ2v) is 4.50. The first kappa shape index (κ1) is 10.4. The molecule has 0 aromatic heterocycles. The predicted octanol–water partition coefficient (Wildman–Crippen LogP) is 3.22. The van der Waals surface area contributed by atoms with Crippen LogP contribution in [0.5, 0.6) is 0 Å². The minimum Gasteiger partial charge on any atom is -0.330 e. The lowest BCUT2D eigenvalue weighted by Crippen LogP contribution is -2.29. The van der Waals surface area contributed by atoms with Crippen molar-refractivity contribution in [3.8, 4) is 0 Å². The first-order valence-corrected chi connectivity index (χ1v) is 5.79. The second-order valence-electron chi connectivity index (χ2n) is 4.50. The van der Waals surface area contributed by atoms with Gasteiger partial charge in [-0.15, -0.1) is 0 Å². The van der Waals surface area contributed by atoms with Crippen molar-refractivity contribution in [2.24, 2.45) is 11.1 Å². The Morgan fingerprint density at radius 2 is 1.93 bits per heavy atom. The van der Waals surface area contributed by atoms with Gasteiger partial charge < -0.3 is 5.73 Å². The summed E-state index contributed by atoms with van der Waals surface area (Å²) in [4.78, 5) is 0. The van der Waals surface area contributed by atoms with Crippen LogP contribution in [0.4, 0.5) is 0 Å². The van der Waals surface area contributed by atoms with Crippen LogP contribution in [-0.2, 0) is 0 Å². The maximum absolute atomic E-state index is 5.66. The van der Waals surface area contributed by atoms with Gasteiger partial charge in [-0.1, -0.05) is 48.9 Å². The zero-order chi connectivity index (χ0) is 10.6. The topological polar surface area (TPSA) is 26.0 Å².